The lowest BCUT2D eigenvalue weighted by Gasteiger charge is -2.16. The summed E-state index contributed by atoms with van der Waals surface area (Å²) >= 11 is 0. The number of benzene rings is 2. The first-order chi connectivity index (χ1) is 11.5. The number of carbonyl (C=O) groups is 1. The third-order valence-corrected chi connectivity index (χ3v) is 4.07. The Morgan fingerprint density at radius 2 is 1.83 bits per heavy atom. The van der Waals surface area contributed by atoms with Crippen LogP contribution in [0.15, 0.2) is 42.5 Å². The molecule has 0 saturated heterocycles. The molecule has 0 aliphatic carbocycles. The Kier molecular flexibility index (Phi) is 6.42. The fourth-order valence-corrected chi connectivity index (χ4v) is 2.72. The zero-order chi connectivity index (χ0) is 17.5. The summed E-state index contributed by atoms with van der Waals surface area (Å²) in [7, 11) is 0. The Balaban J connectivity index is 1.96. The summed E-state index contributed by atoms with van der Waals surface area (Å²) in [6.07, 6.45) is 1.20. The van der Waals surface area contributed by atoms with E-state index in [2.05, 4.69) is 25.2 Å². The average Bonchev–Trinajstić information content (AvgIpc) is 2.56. The Labute approximate surface area is 145 Å². The monoisotopic (exact) mass is 325 g/mol. The number of para-hydroxylation sites is 1. The van der Waals surface area contributed by atoms with Crippen molar-refractivity contribution >= 4 is 11.6 Å². The van der Waals surface area contributed by atoms with Gasteiger partial charge in [-0.1, -0.05) is 44.2 Å². The zero-order valence-electron chi connectivity index (χ0n) is 15.1. The number of ether oxygens (including phenoxy) is 1. The van der Waals surface area contributed by atoms with Gasteiger partial charge in [-0.05, 0) is 55.0 Å². The summed E-state index contributed by atoms with van der Waals surface area (Å²) in [5.74, 6) is 1.30. The molecule has 1 N–H and O–H groups in total. The Bertz CT molecular complexity index is 675. The maximum Gasteiger partial charge on any atom is 0.224 e. The first-order valence-electron chi connectivity index (χ1n) is 8.62. The van der Waals surface area contributed by atoms with E-state index in [4.69, 9.17) is 4.74 Å². The molecule has 0 bridgehead atoms. The molecule has 1 amide bonds. The molecule has 3 nitrogen and oxygen atoms in total. The van der Waals surface area contributed by atoms with Gasteiger partial charge in [0.1, 0.15) is 5.75 Å². The number of aryl methyl sites for hydroxylation is 2. The van der Waals surface area contributed by atoms with E-state index in [0.717, 1.165) is 29.0 Å². The van der Waals surface area contributed by atoms with Crippen molar-refractivity contribution in [2.75, 3.05) is 11.9 Å². The molecule has 2 rings (SSSR count). The summed E-state index contributed by atoms with van der Waals surface area (Å²) in [4.78, 5) is 12.3. The number of hydrogen-bond donors (Lipinski definition) is 1. The van der Waals surface area contributed by atoms with Crippen molar-refractivity contribution in [2.24, 2.45) is 0 Å². The van der Waals surface area contributed by atoms with Gasteiger partial charge in [0.05, 0.1) is 6.61 Å². The number of carbonyl (C=O) groups excluding carboxylic acids is 1. The normalized spacial score (nSPS) is 10.7. The zero-order valence-corrected chi connectivity index (χ0v) is 15.1. The molecule has 0 spiro atoms. The largest absolute Gasteiger partial charge is 0.494 e. The highest BCUT2D eigenvalue weighted by molar-refractivity contribution is 5.92. The molecule has 24 heavy (non-hydrogen) atoms. The SMILES string of the molecule is CCOc1ccc(CCC(=O)Nc2c(C)cccc2C(C)C)cc1. The van der Waals surface area contributed by atoms with Crippen molar-refractivity contribution in [2.45, 2.75) is 46.5 Å². The van der Waals surface area contributed by atoms with Crippen molar-refractivity contribution < 1.29 is 9.53 Å². The third kappa shape index (κ3) is 4.85. The number of amides is 1. The second kappa shape index (κ2) is 8.53. The van der Waals surface area contributed by atoms with E-state index in [1.54, 1.807) is 0 Å². The minimum atomic E-state index is 0.0556. The van der Waals surface area contributed by atoms with Crippen LogP contribution in [-0.4, -0.2) is 12.5 Å². The number of anilines is 1. The summed E-state index contributed by atoms with van der Waals surface area (Å²) in [5.41, 5.74) is 4.40. The predicted octanol–water partition coefficient (Wildman–Crippen LogP) is 5.09. The van der Waals surface area contributed by atoms with Gasteiger partial charge >= 0.3 is 0 Å². The number of hydrogen-bond acceptors (Lipinski definition) is 2. The minimum absolute atomic E-state index is 0.0556. The van der Waals surface area contributed by atoms with Gasteiger partial charge in [-0.25, -0.2) is 0 Å². The quantitative estimate of drug-likeness (QED) is 0.770. The van der Waals surface area contributed by atoms with E-state index in [9.17, 15) is 4.79 Å². The summed E-state index contributed by atoms with van der Waals surface area (Å²) in [6, 6.07) is 14.1. The van der Waals surface area contributed by atoms with E-state index in [1.807, 2.05) is 50.2 Å². The average molecular weight is 325 g/mol. The molecule has 0 radical (unpaired) electrons. The highest BCUT2D eigenvalue weighted by atomic mass is 16.5. The molecule has 0 unspecified atom stereocenters. The van der Waals surface area contributed by atoms with Gasteiger partial charge in [0.15, 0.2) is 0 Å². The van der Waals surface area contributed by atoms with E-state index in [0.29, 0.717) is 18.9 Å². The van der Waals surface area contributed by atoms with E-state index in [-0.39, 0.29) is 5.91 Å². The predicted molar refractivity (Wildman–Crippen MR) is 99.8 cm³/mol. The topological polar surface area (TPSA) is 38.3 Å². The fourth-order valence-electron chi connectivity index (χ4n) is 2.72. The van der Waals surface area contributed by atoms with Crippen LogP contribution in [0, 0.1) is 6.92 Å². The smallest absolute Gasteiger partial charge is 0.224 e. The lowest BCUT2D eigenvalue weighted by Crippen LogP contribution is -2.15. The van der Waals surface area contributed by atoms with Crippen molar-refractivity contribution in [1.29, 1.82) is 0 Å². The molecule has 0 aliphatic heterocycles. The maximum absolute atomic E-state index is 12.3. The van der Waals surface area contributed by atoms with E-state index < -0.39 is 0 Å². The molecule has 0 aliphatic rings. The Morgan fingerprint density at radius 1 is 1.12 bits per heavy atom. The van der Waals surface area contributed by atoms with Gasteiger partial charge in [-0.3, -0.25) is 4.79 Å². The molecule has 0 aromatic heterocycles. The minimum Gasteiger partial charge on any atom is -0.494 e. The lowest BCUT2D eigenvalue weighted by atomic mass is 9.98. The molecular weight excluding hydrogens is 298 g/mol. The second-order valence-corrected chi connectivity index (χ2v) is 6.32. The molecule has 0 saturated carbocycles. The van der Waals surface area contributed by atoms with Gasteiger partial charge in [-0.2, -0.15) is 0 Å². The van der Waals surface area contributed by atoms with Crippen LogP contribution in [0.1, 0.15) is 49.8 Å². The molecule has 3 heteroatoms. The van der Waals surface area contributed by atoms with Gasteiger partial charge in [0, 0.05) is 12.1 Å². The summed E-state index contributed by atoms with van der Waals surface area (Å²) in [6.45, 7) is 8.95. The van der Waals surface area contributed by atoms with Gasteiger partial charge in [-0.15, -0.1) is 0 Å². The van der Waals surface area contributed by atoms with Gasteiger partial charge in [0.2, 0.25) is 5.91 Å². The number of rotatable bonds is 7. The fraction of sp³-hybridized carbons (Fsp3) is 0.381. The molecule has 0 fully saturated rings. The molecule has 0 atom stereocenters. The van der Waals surface area contributed by atoms with Gasteiger partial charge < -0.3 is 10.1 Å². The maximum atomic E-state index is 12.3. The Hall–Kier alpha value is -2.29. The lowest BCUT2D eigenvalue weighted by molar-refractivity contribution is -0.116. The molecule has 2 aromatic carbocycles. The highest BCUT2D eigenvalue weighted by Gasteiger charge is 2.12. The van der Waals surface area contributed by atoms with Crippen LogP contribution >= 0.6 is 0 Å². The summed E-state index contributed by atoms with van der Waals surface area (Å²) in [5, 5.41) is 3.10. The van der Waals surface area contributed by atoms with Crippen molar-refractivity contribution in [3.05, 3.63) is 59.2 Å². The van der Waals surface area contributed by atoms with Crippen LogP contribution in [0.3, 0.4) is 0 Å². The van der Waals surface area contributed by atoms with Crippen LogP contribution in [-0.2, 0) is 11.2 Å². The standard InChI is InChI=1S/C21H27NO2/c1-5-24-18-12-9-17(10-13-18)11-14-20(23)22-21-16(4)7-6-8-19(21)15(2)3/h6-10,12-13,15H,5,11,14H2,1-4H3,(H,22,23). The van der Waals surface area contributed by atoms with Crippen LogP contribution in [0.25, 0.3) is 0 Å². The van der Waals surface area contributed by atoms with Gasteiger partial charge in [0.25, 0.3) is 0 Å². The second-order valence-electron chi connectivity index (χ2n) is 6.32. The van der Waals surface area contributed by atoms with Crippen molar-refractivity contribution in [3.63, 3.8) is 0 Å². The van der Waals surface area contributed by atoms with Crippen LogP contribution < -0.4 is 10.1 Å². The molecule has 2 aromatic rings. The van der Waals surface area contributed by atoms with E-state index in [1.165, 1.54) is 5.56 Å². The Morgan fingerprint density at radius 3 is 2.46 bits per heavy atom. The first-order valence-corrected chi connectivity index (χ1v) is 8.62. The van der Waals surface area contributed by atoms with Crippen molar-refractivity contribution in [3.8, 4) is 5.75 Å². The van der Waals surface area contributed by atoms with Crippen LogP contribution in [0.4, 0.5) is 5.69 Å². The third-order valence-electron chi connectivity index (χ3n) is 4.07. The van der Waals surface area contributed by atoms with E-state index >= 15 is 0 Å². The first kappa shape index (κ1) is 18.1. The van der Waals surface area contributed by atoms with Crippen molar-refractivity contribution in [1.82, 2.24) is 0 Å². The highest BCUT2D eigenvalue weighted by Crippen LogP contribution is 2.27. The summed E-state index contributed by atoms with van der Waals surface area (Å²) < 4.78 is 5.43. The van der Waals surface area contributed by atoms with Crippen LogP contribution in [0.5, 0.6) is 5.75 Å². The van der Waals surface area contributed by atoms with Crippen LogP contribution in [0.2, 0.25) is 0 Å². The number of nitrogens with one attached hydrogen (secondary N) is 1. The molecular formula is C21H27NO2. The molecule has 128 valence electrons. The molecule has 0 heterocycles.